The summed E-state index contributed by atoms with van der Waals surface area (Å²) in [6, 6.07) is 8.34. The van der Waals surface area contributed by atoms with Crippen molar-refractivity contribution < 1.29 is 43.8 Å². The highest BCUT2D eigenvalue weighted by molar-refractivity contribution is 5.96. The fraction of sp³-hybridized carbons (Fsp3) is 0.208. The first-order valence-corrected chi connectivity index (χ1v) is 10.2. The zero-order chi connectivity index (χ0) is 24.1. The van der Waals surface area contributed by atoms with Crippen molar-refractivity contribution in [1.29, 1.82) is 0 Å². The van der Waals surface area contributed by atoms with Crippen LogP contribution in [0.3, 0.4) is 0 Å². The highest BCUT2D eigenvalue weighted by atomic mass is 16.6. The topological polar surface area (TPSA) is 148 Å². The molecule has 1 aliphatic rings. The van der Waals surface area contributed by atoms with Gasteiger partial charge in [-0.1, -0.05) is 0 Å². The first kappa shape index (κ1) is 21.5. The maximum atomic E-state index is 13.0. The van der Waals surface area contributed by atoms with Crippen molar-refractivity contribution in [2.75, 3.05) is 20.8 Å². The van der Waals surface area contributed by atoms with E-state index in [1.54, 1.807) is 12.1 Å². The number of aliphatic hydroxyl groups excluding tert-OH is 1. The van der Waals surface area contributed by atoms with E-state index < -0.39 is 30.0 Å². The first-order valence-electron chi connectivity index (χ1n) is 10.2. The second kappa shape index (κ2) is 7.92. The Balaban J connectivity index is 1.68. The average Bonchev–Trinajstić information content (AvgIpc) is 2.82. The molecule has 4 aromatic rings. The molecule has 3 aromatic carbocycles. The Labute approximate surface area is 191 Å². The maximum Gasteiger partial charge on any atom is 0.205 e. The predicted molar refractivity (Wildman–Crippen MR) is 119 cm³/mol. The van der Waals surface area contributed by atoms with Gasteiger partial charge in [0.05, 0.1) is 26.2 Å². The number of phenols is 3. The van der Waals surface area contributed by atoms with Gasteiger partial charge in [-0.25, -0.2) is 0 Å². The third-order valence-corrected chi connectivity index (χ3v) is 5.70. The summed E-state index contributed by atoms with van der Waals surface area (Å²) in [7, 11) is 2.78. The Morgan fingerprint density at radius 2 is 1.68 bits per heavy atom. The number of rotatable bonds is 4. The summed E-state index contributed by atoms with van der Waals surface area (Å²) in [5.41, 5.74) is -0.0117. The lowest BCUT2D eigenvalue weighted by Crippen LogP contribution is -2.36. The van der Waals surface area contributed by atoms with Crippen LogP contribution in [-0.4, -0.2) is 47.4 Å². The van der Waals surface area contributed by atoms with Crippen LogP contribution in [0.5, 0.6) is 40.2 Å². The van der Waals surface area contributed by atoms with Crippen LogP contribution in [0.25, 0.3) is 21.9 Å². The molecular weight excluding hydrogens is 448 g/mol. The number of fused-ring (bicyclic) bond motifs is 4. The van der Waals surface area contributed by atoms with Crippen molar-refractivity contribution >= 4 is 21.9 Å². The number of aliphatic hydroxyl groups is 1. The number of methoxy groups -OCH3 is 2. The molecule has 1 aliphatic heterocycles. The highest BCUT2D eigenvalue weighted by Crippen LogP contribution is 2.47. The first-order chi connectivity index (χ1) is 16.4. The van der Waals surface area contributed by atoms with Crippen molar-refractivity contribution in [1.82, 2.24) is 0 Å². The van der Waals surface area contributed by atoms with Gasteiger partial charge in [-0.3, -0.25) is 4.79 Å². The molecule has 0 spiro atoms. The summed E-state index contributed by atoms with van der Waals surface area (Å²) < 4.78 is 28.4. The fourth-order valence-corrected chi connectivity index (χ4v) is 4.09. The number of phenolic OH excluding ortho intramolecular Hbond substituents is 3. The molecule has 0 unspecified atom stereocenters. The Morgan fingerprint density at radius 1 is 0.971 bits per heavy atom. The van der Waals surface area contributed by atoms with Gasteiger partial charge in [0.25, 0.3) is 0 Å². The summed E-state index contributed by atoms with van der Waals surface area (Å²) >= 11 is 0. The normalized spacial score (nSPS) is 17.1. The molecule has 1 aromatic heterocycles. The van der Waals surface area contributed by atoms with Gasteiger partial charge in [0, 0.05) is 17.7 Å². The minimum atomic E-state index is -0.921. The molecule has 34 heavy (non-hydrogen) atoms. The number of aromatic hydroxyl groups is 3. The summed E-state index contributed by atoms with van der Waals surface area (Å²) in [4.78, 5) is 13.0. The molecule has 0 saturated carbocycles. The highest BCUT2D eigenvalue weighted by Gasteiger charge is 2.36. The molecule has 4 N–H and O–H groups in total. The minimum absolute atomic E-state index is 0.0392. The Bertz CT molecular complexity index is 1460. The van der Waals surface area contributed by atoms with Crippen molar-refractivity contribution in [3.63, 3.8) is 0 Å². The van der Waals surface area contributed by atoms with Crippen LogP contribution >= 0.6 is 0 Å². The third-order valence-electron chi connectivity index (χ3n) is 5.70. The maximum absolute atomic E-state index is 13.0. The molecule has 0 saturated heterocycles. The lowest BCUT2D eigenvalue weighted by atomic mass is 10.0. The molecule has 176 valence electrons. The molecule has 2 atom stereocenters. The fourth-order valence-electron chi connectivity index (χ4n) is 4.09. The van der Waals surface area contributed by atoms with Crippen LogP contribution in [0, 0.1) is 0 Å². The molecular formula is C24H20O10. The van der Waals surface area contributed by atoms with Crippen molar-refractivity contribution in [2.45, 2.75) is 12.2 Å². The van der Waals surface area contributed by atoms with E-state index in [2.05, 4.69) is 0 Å². The Hall–Kier alpha value is -4.31. The van der Waals surface area contributed by atoms with Crippen LogP contribution in [0.1, 0.15) is 11.7 Å². The van der Waals surface area contributed by atoms with Crippen molar-refractivity contribution in [3.8, 4) is 40.2 Å². The van der Waals surface area contributed by atoms with Gasteiger partial charge in [0.15, 0.2) is 35.0 Å². The Kier molecular flexibility index (Phi) is 5.02. The van der Waals surface area contributed by atoms with E-state index in [1.807, 2.05) is 0 Å². The number of hydrogen-bond acceptors (Lipinski definition) is 10. The molecule has 0 aliphatic carbocycles. The van der Waals surface area contributed by atoms with Crippen molar-refractivity contribution in [3.05, 3.63) is 52.2 Å². The van der Waals surface area contributed by atoms with E-state index in [1.165, 1.54) is 32.4 Å². The molecule has 0 radical (unpaired) electrons. The van der Waals surface area contributed by atoms with Gasteiger partial charge in [0.1, 0.15) is 22.5 Å². The van der Waals surface area contributed by atoms with Gasteiger partial charge >= 0.3 is 0 Å². The van der Waals surface area contributed by atoms with Crippen LogP contribution in [0.2, 0.25) is 0 Å². The summed E-state index contributed by atoms with van der Waals surface area (Å²) in [6.07, 6.45) is -1.74. The summed E-state index contributed by atoms with van der Waals surface area (Å²) in [5, 5.41) is 40.2. The van der Waals surface area contributed by atoms with Crippen molar-refractivity contribution in [2.24, 2.45) is 0 Å². The van der Waals surface area contributed by atoms with Crippen LogP contribution < -0.4 is 24.4 Å². The lowest BCUT2D eigenvalue weighted by molar-refractivity contribution is -0.0118. The van der Waals surface area contributed by atoms with Gasteiger partial charge in [-0.05, 0) is 24.3 Å². The average molecular weight is 468 g/mol. The van der Waals surface area contributed by atoms with Gasteiger partial charge in [-0.15, -0.1) is 0 Å². The lowest BCUT2D eigenvalue weighted by Gasteiger charge is -2.33. The second-order valence-corrected chi connectivity index (χ2v) is 7.69. The zero-order valence-corrected chi connectivity index (χ0v) is 18.1. The van der Waals surface area contributed by atoms with Gasteiger partial charge in [0.2, 0.25) is 16.9 Å². The van der Waals surface area contributed by atoms with E-state index in [9.17, 15) is 25.2 Å². The summed E-state index contributed by atoms with van der Waals surface area (Å²) in [6.45, 7) is -0.453. The molecule has 2 heterocycles. The molecule has 10 heteroatoms. The molecule has 5 rings (SSSR count). The quantitative estimate of drug-likeness (QED) is 0.329. The number of hydrogen-bond donors (Lipinski definition) is 4. The number of ether oxygens (including phenoxy) is 4. The van der Waals surface area contributed by atoms with E-state index in [-0.39, 0.29) is 56.4 Å². The monoisotopic (exact) mass is 468 g/mol. The van der Waals surface area contributed by atoms with Crippen LogP contribution in [-0.2, 0) is 0 Å². The SMILES string of the molecule is COc1cc([C@@H]2Oc3ccc4c(=O)c5c(O)cc(O)cc5oc4c3O[C@H]2CO)cc(OC)c1O. The second-order valence-electron chi connectivity index (χ2n) is 7.69. The molecule has 10 nitrogen and oxygen atoms in total. The third kappa shape index (κ3) is 3.19. The van der Waals surface area contributed by atoms with E-state index >= 15 is 0 Å². The number of benzene rings is 3. The van der Waals surface area contributed by atoms with E-state index in [4.69, 9.17) is 23.4 Å². The largest absolute Gasteiger partial charge is 0.508 e. The molecule has 0 amide bonds. The van der Waals surface area contributed by atoms with Gasteiger partial charge < -0.3 is 43.8 Å². The Morgan fingerprint density at radius 3 is 2.32 bits per heavy atom. The van der Waals surface area contributed by atoms with E-state index in [0.29, 0.717) is 5.56 Å². The van der Waals surface area contributed by atoms with Gasteiger partial charge in [-0.2, -0.15) is 0 Å². The standard InChI is InChI=1S/C24H20O10/c1-30-16-5-10(6-17(31-2)21(16)29)22-18(9-25)34-24-14(32-22)4-3-12-20(28)19-13(27)7-11(26)8-15(19)33-23(12)24/h3-8,18,22,25-27,29H,9H2,1-2H3/t18-,22-/m0/s1. The molecule has 0 fully saturated rings. The van der Waals surface area contributed by atoms with E-state index in [0.717, 1.165) is 6.07 Å². The van der Waals surface area contributed by atoms with Crippen LogP contribution in [0.15, 0.2) is 45.6 Å². The smallest absolute Gasteiger partial charge is 0.205 e. The predicted octanol–water partition coefficient (Wildman–Crippen LogP) is 2.95. The van der Waals surface area contributed by atoms with Crippen LogP contribution in [0.4, 0.5) is 0 Å². The zero-order valence-electron chi connectivity index (χ0n) is 18.1. The molecule has 0 bridgehead atoms. The minimum Gasteiger partial charge on any atom is -0.508 e. The summed E-state index contributed by atoms with van der Waals surface area (Å²) in [5.74, 6) is -0.251.